The van der Waals surface area contributed by atoms with Gasteiger partial charge in [-0.05, 0) is 6.92 Å². The van der Waals surface area contributed by atoms with Crippen LogP contribution in [0.4, 0.5) is 0 Å². The number of rotatable bonds is 1. The van der Waals surface area contributed by atoms with Crippen molar-refractivity contribution in [3.8, 4) is 0 Å². The van der Waals surface area contributed by atoms with Crippen molar-refractivity contribution < 1.29 is 13.2 Å². The lowest BCUT2D eigenvalue weighted by atomic mass is 10.3. The van der Waals surface area contributed by atoms with Crippen LogP contribution < -0.4 is 0 Å². The van der Waals surface area contributed by atoms with Gasteiger partial charge in [-0.15, -0.1) is 11.6 Å². The molecular weight excluding hydrogens is 214 g/mol. The van der Waals surface area contributed by atoms with Crippen LogP contribution in [0.25, 0.3) is 0 Å². The molecule has 1 rings (SSSR count). The van der Waals surface area contributed by atoms with E-state index in [1.54, 1.807) is 6.92 Å². The van der Waals surface area contributed by atoms with Crippen molar-refractivity contribution in [1.29, 1.82) is 0 Å². The highest BCUT2D eigenvalue weighted by molar-refractivity contribution is 7.91. The molecule has 0 aromatic heterocycles. The first-order valence-corrected chi connectivity index (χ1v) is 6.38. The van der Waals surface area contributed by atoms with Gasteiger partial charge in [-0.25, -0.2) is 8.42 Å². The third-order valence-electron chi connectivity index (χ3n) is 2.11. The molecule has 1 amide bonds. The lowest BCUT2D eigenvalue weighted by molar-refractivity contribution is -0.129. The summed E-state index contributed by atoms with van der Waals surface area (Å²) in [6.45, 7) is 2.00. The summed E-state index contributed by atoms with van der Waals surface area (Å²) in [5.41, 5.74) is 0. The molecular formula is C7H12ClNO3S. The Kier molecular flexibility index (Phi) is 3.18. The molecule has 1 aliphatic heterocycles. The third-order valence-corrected chi connectivity index (χ3v) is 4.13. The summed E-state index contributed by atoms with van der Waals surface area (Å²) in [5.74, 6) is -0.163. The predicted molar refractivity (Wildman–Crippen MR) is 50.5 cm³/mol. The van der Waals surface area contributed by atoms with Crippen LogP contribution in [0.1, 0.15) is 6.92 Å². The molecule has 1 atom stereocenters. The molecule has 0 saturated carbocycles. The molecule has 1 heterocycles. The van der Waals surface area contributed by atoms with E-state index in [2.05, 4.69) is 0 Å². The maximum Gasteiger partial charge on any atom is 0.237 e. The van der Waals surface area contributed by atoms with Crippen LogP contribution in [0.2, 0.25) is 0 Å². The van der Waals surface area contributed by atoms with Crippen molar-refractivity contribution in [1.82, 2.24) is 4.90 Å². The van der Waals surface area contributed by atoms with Gasteiger partial charge in [0.05, 0.1) is 11.5 Å². The summed E-state index contributed by atoms with van der Waals surface area (Å²) >= 11 is 5.38. The Balaban J connectivity index is 2.69. The Morgan fingerprint density at radius 3 is 2.69 bits per heavy atom. The molecule has 0 spiro atoms. The Morgan fingerprint density at radius 1 is 1.62 bits per heavy atom. The van der Waals surface area contributed by atoms with Gasteiger partial charge in [-0.2, -0.15) is 0 Å². The number of carbonyl (C=O) groups is 1. The Bertz CT molecular complexity index is 301. The van der Waals surface area contributed by atoms with E-state index in [1.165, 1.54) is 4.90 Å². The number of amides is 1. The molecule has 6 heteroatoms. The molecule has 0 bridgehead atoms. The molecule has 1 unspecified atom stereocenters. The lowest BCUT2D eigenvalue weighted by Gasteiger charge is -2.32. The molecule has 13 heavy (non-hydrogen) atoms. The van der Waals surface area contributed by atoms with Crippen LogP contribution in [-0.2, 0) is 14.6 Å². The second kappa shape index (κ2) is 3.84. The monoisotopic (exact) mass is 225 g/mol. The highest BCUT2D eigenvalue weighted by Crippen LogP contribution is 2.11. The van der Waals surface area contributed by atoms with E-state index in [-0.39, 0.29) is 35.9 Å². The fraction of sp³-hybridized carbons (Fsp3) is 0.857. The SMILES string of the molecule is CC1CS(=O)(=O)CCN1C(=O)CCl. The van der Waals surface area contributed by atoms with Crippen LogP contribution in [0, 0.1) is 0 Å². The molecule has 4 nitrogen and oxygen atoms in total. The fourth-order valence-corrected chi connectivity index (χ4v) is 3.16. The fourth-order valence-electron chi connectivity index (χ4n) is 1.45. The Hall–Kier alpha value is -0.290. The largest absolute Gasteiger partial charge is 0.337 e. The number of nitrogens with zero attached hydrogens (tertiary/aromatic N) is 1. The highest BCUT2D eigenvalue weighted by atomic mass is 35.5. The van der Waals surface area contributed by atoms with Crippen molar-refractivity contribution in [2.45, 2.75) is 13.0 Å². The van der Waals surface area contributed by atoms with Crippen molar-refractivity contribution in [2.24, 2.45) is 0 Å². The van der Waals surface area contributed by atoms with Crippen LogP contribution in [-0.4, -0.2) is 49.2 Å². The molecule has 0 aromatic carbocycles. The van der Waals surface area contributed by atoms with Crippen LogP contribution in [0.3, 0.4) is 0 Å². The first kappa shape index (κ1) is 10.8. The molecule has 0 aromatic rings. The number of sulfone groups is 1. The standard InChI is InChI=1S/C7H12ClNO3S/c1-6-5-13(11,12)3-2-9(6)7(10)4-8/h6H,2-5H2,1H3. The summed E-state index contributed by atoms with van der Waals surface area (Å²) in [4.78, 5) is 12.7. The highest BCUT2D eigenvalue weighted by Gasteiger charge is 2.30. The molecule has 76 valence electrons. The smallest absolute Gasteiger partial charge is 0.237 e. The molecule has 0 aliphatic carbocycles. The summed E-state index contributed by atoms with van der Waals surface area (Å²) in [7, 11) is -2.94. The average Bonchev–Trinajstić information content (AvgIpc) is 2.01. The minimum Gasteiger partial charge on any atom is -0.337 e. The van der Waals surface area contributed by atoms with Crippen LogP contribution in [0.5, 0.6) is 0 Å². The van der Waals surface area contributed by atoms with Gasteiger partial charge in [0.2, 0.25) is 5.91 Å². The van der Waals surface area contributed by atoms with Gasteiger partial charge in [0.15, 0.2) is 9.84 Å². The van der Waals surface area contributed by atoms with E-state index in [0.29, 0.717) is 0 Å². The number of halogens is 1. The summed E-state index contributed by atoms with van der Waals surface area (Å²) < 4.78 is 22.3. The van der Waals surface area contributed by atoms with Gasteiger partial charge >= 0.3 is 0 Å². The maximum absolute atomic E-state index is 11.2. The number of carbonyl (C=O) groups excluding carboxylic acids is 1. The second-order valence-corrected chi connectivity index (χ2v) is 5.68. The topological polar surface area (TPSA) is 54.5 Å². The van der Waals surface area contributed by atoms with Crippen molar-refractivity contribution in [3.63, 3.8) is 0 Å². The summed E-state index contributed by atoms with van der Waals surface area (Å²) in [6, 6.07) is -0.245. The van der Waals surface area contributed by atoms with Crippen LogP contribution >= 0.6 is 11.6 Å². The van der Waals surface area contributed by atoms with Gasteiger partial charge < -0.3 is 4.90 Å². The third kappa shape index (κ3) is 2.57. The minimum absolute atomic E-state index is 0.0512. The van der Waals surface area contributed by atoms with Gasteiger partial charge in [0.1, 0.15) is 5.88 Å². The predicted octanol–water partition coefficient (Wildman–Crippen LogP) is -0.129. The zero-order chi connectivity index (χ0) is 10.1. The van der Waals surface area contributed by atoms with E-state index in [1.807, 2.05) is 0 Å². The van der Waals surface area contributed by atoms with Gasteiger partial charge in [-0.1, -0.05) is 0 Å². The van der Waals surface area contributed by atoms with Crippen molar-refractivity contribution in [3.05, 3.63) is 0 Å². The van der Waals surface area contributed by atoms with E-state index in [0.717, 1.165) is 0 Å². The zero-order valence-corrected chi connectivity index (χ0v) is 8.94. The first-order chi connectivity index (χ1) is 5.96. The molecule has 1 fully saturated rings. The van der Waals surface area contributed by atoms with E-state index < -0.39 is 9.84 Å². The van der Waals surface area contributed by atoms with Gasteiger partial charge in [0, 0.05) is 12.6 Å². The van der Waals surface area contributed by atoms with Gasteiger partial charge in [0.25, 0.3) is 0 Å². The van der Waals surface area contributed by atoms with E-state index in [4.69, 9.17) is 11.6 Å². The van der Waals surface area contributed by atoms with Crippen molar-refractivity contribution >= 4 is 27.3 Å². The molecule has 0 radical (unpaired) electrons. The van der Waals surface area contributed by atoms with Crippen LogP contribution in [0.15, 0.2) is 0 Å². The zero-order valence-electron chi connectivity index (χ0n) is 7.36. The quantitative estimate of drug-likeness (QED) is 0.585. The minimum atomic E-state index is -2.94. The van der Waals surface area contributed by atoms with E-state index in [9.17, 15) is 13.2 Å². The second-order valence-electron chi connectivity index (χ2n) is 3.18. The number of hydrogen-bond donors (Lipinski definition) is 0. The van der Waals surface area contributed by atoms with Gasteiger partial charge in [-0.3, -0.25) is 4.79 Å². The number of hydrogen-bond acceptors (Lipinski definition) is 3. The van der Waals surface area contributed by atoms with E-state index >= 15 is 0 Å². The average molecular weight is 226 g/mol. The summed E-state index contributed by atoms with van der Waals surface area (Å²) in [5, 5.41) is 0. The maximum atomic E-state index is 11.2. The molecule has 0 N–H and O–H groups in total. The number of alkyl halides is 1. The molecule has 1 aliphatic rings. The van der Waals surface area contributed by atoms with Crippen molar-refractivity contribution in [2.75, 3.05) is 23.9 Å². The first-order valence-electron chi connectivity index (χ1n) is 4.02. The summed E-state index contributed by atoms with van der Waals surface area (Å²) in [6.07, 6.45) is 0. The Morgan fingerprint density at radius 2 is 2.23 bits per heavy atom. The Labute approximate surface area is 82.8 Å². The lowest BCUT2D eigenvalue weighted by Crippen LogP contribution is -2.50. The normalized spacial score (nSPS) is 27.2. The molecule has 1 saturated heterocycles.